The van der Waals surface area contributed by atoms with Crippen molar-refractivity contribution in [1.29, 1.82) is 0 Å². The van der Waals surface area contributed by atoms with Gasteiger partial charge in [0.2, 0.25) is 0 Å². The van der Waals surface area contributed by atoms with Gasteiger partial charge < -0.3 is 10.2 Å². The smallest absolute Gasteiger partial charge is 0.355 e. The second-order valence-corrected chi connectivity index (χ2v) is 4.70. The fourth-order valence-corrected chi connectivity index (χ4v) is 2.25. The van der Waals surface area contributed by atoms with E-state index in [4.69, 9.17) is 0 Å². The molecule has 1 aliphatic heterocycles. The molecule has 1 aromatic heterocycles. The fourth-order valence-electron chi connectivity index (χ4n) is 2.25. The Morgan fingerprint density at radius 3 is 2.58 bits per heavy atom. The molecule has 2 rings (SSSR count). The maximum absolute atomic E-state index is 12.6. The van der Waals surface area contributed by atoms with Crippen molar-refractivity contribution in [3.8, 4) is 0 Å². The van der Waals surface area contributed by atoms with E-state index >= 15 is 0 Å². The molecule has 0 bridgehead atoms. The van der Waals surface area contributed by atoms with E-state index in [1.165, 1.54) is 0 Å². The van der Waals surface area contributed by atoms with E-state index in [-0.39, 0.29) is 12.8 Å². The highest BCUT2D eigenvalue weighted by atomic mass is 19.4. The lowest BCUT2D eigenvalue weighted by molar-refractivity contribution is -0.179. The van der Waals surface area contributed by atoms with Gasteiger partial charge >= 0.3 is 6.18 Å². The first-order valence-corrected chi connectivity index (χ1v) is 6.28. The number of piperidine rings is 1. The van der Waals surface area contributed by atoms with Gasteiger partial charge in [-0.3, -0.25) is 4.98 Å². The van der Waals surface area contributed by atoms with Gasteiger partial charge in [0.1, 0.15) is 5.82 Å². The lowest BCUT2D eigenvalue weighted by Gasteiger charge is -2.33. The Labute approximate surface area is 110 Å². The maximum Gasteiger partial charge on any atom is 0.391 e. The van der Waals surface area contributed by atoms with Gasteiger partial charge in [0.05, 0.1) is 17.8 Å². The van der Waals surface area contributed by atoms with Gasteiger partial charge in [0.25, 0.3) is 0 Å². The van der Waals surface area contributed by atoms with Crippen LogP contribution in [-0.2, 0) is 6.54 Å². The fraction of sp³-hybridized carbons (Fsp3) is 0.667. The minimum atomic E-state index is -4.08. The lowest BCUT2D eigenvalue weighted by Crippen LogP contribution is -2.39. The summed E-state index contributed by atoms with van der Waals surface area (Å²) in [4.78, 5) is 10.3. The van der Waals surface area contributed by atoms with Gasteiger partial charge in [0, 0.05) is 25.8 Å². The van der Waals surface area contributed by atoms with Gasteiger partial charge in [0.15, 0.2) is 0 Å². The zero-order chi connectivity index (χ0) is 13.9. The first kappa shape index (κ1) is 14.0. The standard InChI is InChI=1S/C12H17F3N4/c1-16-6-10-7-17-8-11(18-10)19-4-2-9(3-5-19)12(13,14)15/h7-9,16H,2-6H2,1H3. The van der Waals surface area contributed by atoms with Gasteiger partial charge in [-0.25, -0.2) is 4.98 Å². The summed E-state index contributed by atoms with van der Waals surface area (Å²) in [6.45, 7) is 1.35. The molecule has 2 heterocycles. The van der Waals surface area contributed by atoms with E-state index in [1.807, 2.05) is 11.9 Å². The molecule has 1 aromatic rings. The number of hydrogen-bond donors (Lipinski definition) is 1. The van der Waals surface area contributed by atoms with E-state index in [9.17, 15) is 13.2 Å². The molecular formula is C12H17F3N4. The van der Waals surface area contributed by atoms with E-state index in [0.717, 1.165) is 5.69 Å². The number of nitrogens with one attached hydrogen (secondary N) is 1. The third kappa shape index (κ3) is 3.56. The second-order valence-electron chi connectivity index (χ2n) is 4.70. The number of aromatic nitrogens is 2. The number of nitrogens with zero attached hydrogens (tertiary/aromatic N) is 3. The Morgan fingerprint density at radius 2 is 2.00 bits per heavy atom. The lowest BCUT2D eigenvalue weighted by atomic mass is 9.96. The third-order valence-electron chi connectivity index (χ3n) is 3.31. The van der Waals surface area contributed by atoms with Gasteiger partial charge in [-0.05, 0) is 19.9 Å². The number of hydrogen-bond acceptors (Lipinski definition) is 4. The molecule has 0 amide bonds. The van der Waals surface area contributed by atoms with Crippen molar-refractivity contribution in [3.63, 3.8) is 0 Å². The molecule has 19 heavy (non-hydrogen) atoms. The molecule has 1 fully saturated rings. The molecule has 0 atom stereocenters. The van der Waals surface area contributed by atoms with Crippen molar-refractivity contribution in [2.24, 2.45) is 5.92 Å². The van der Waals surface area contributed by atoms with E-state index in [2.05, 4.69) is 15.3 Å². The van der Waals surface area contributed by atoms with Crippen molar-refractivity contribution < 1.29 is 13.2 Å². The highest BCUT2D eigenvalue weighted by molar-refractivity contribution is 5.36. The third-order valence-corrected chi connectivity index (χ3v) is 3.31. The number of anilines is 1. The molecule has 0 unspecified atom stereocenters. The maximum atomic E-state index is 12.6. The summed E-state index contributed by atoms with van der Waals surface area (Å²) in [6.07, 6.45) is -0.565. The Hall–Kier alpha value is -1.37. The van der Waals surface area contributed by atoms with Crippen LogP contribution in [0, 0.1) is 5.92 Å². The summed E-state index contributed by atoms with van der Waals surface area (Å²) in [5.74, 6) is -0.523. The SMILES string of the molecule is CNCc1cncc(N2CCC(C(F)(F)F)CC2)n1. The highest BCUT2D eigenvalue weighted by Crippen LogP contribution is 2.34. The van der Waals surface area contributed by atoms with Crippen LogP contribution < -0.4 is 10.2 Å². The van der Waals surface area contributed by atoms with Crippen molar-refractivity contribution in [2.75, 3.05) is 25.0 Å². The normalized spacial score (nSPS) is 17.8. The van der Waals surface area contributed by atoms with Crippen molar-refractivity contribution in [2.45, 2.75) is 25.6 Å². The van der Waals surface area contributed by atoms with Crippen molar-refractivity contribution in [1.82, 2.24) is 15.3 Å². The van der Waals surface area contributed by atoms with E-state index in [1.54, 1.807) is 12.4 Å². The summed E-state index contributed by atoms with van der Waals surface area (Å²) in [6, 6.07) is 0. The quantitative estimate of drug-likeness (QED) is 0.915. The van der Waals surface area contributed by atoms with Crippen LogP contribution in [-0.4, -0.2) is 36.3 Å². The molecule has 1 saturated heterocycles. The van der Waals surface area contributed by atoms with Crippen LogP contribution in [0.4, 0.5) is 19.0 Å². The largest absolute Gasteiger partial charge is 0.391 e. The first-order chi connectivity index (χ1) is 9.00. The topological polar surface area (TPSA) is 41.1 Å². The molecule has 0 aliphatic carbocycles. The Bertz CT molecular complexity index is 414. The average molecular weight is 274 g/mol. The van der Waals surface area contributed by atoms with Crippen LogP contribution in [0.2, 0.25) is 0 Å². The predicted molar refractivity (Wildman–Crippen MR) is 65.8 cm³/mol. The molecule has 106 valence electrons. The number of alkyl halides is 3. The van der Waals surface area contributed by atoms with E-state index < -0.39 is 12.1 Å². The van der Waals surface area contributed by atoms with Crippen LogP contribution in [0.3, 0.4) is 0 Å². The number of halogens is 3. The van der Waals surface area contributed by atoms with Gasteiger partial charge in [-0.15, -0.1) is 0 Å². The minimum absolute atomic E-state index is 0.126. The zero-order valence-corrected chi connectivity index (χ0v) is 10.7. The monoisotopic (exact) mass is 274 g/mol. The van der Waals surface area contributed by atoms with Crippen LogP contribution in [0.25, 0.3) is 0 Å². The van der Waals surface area contributed by atoms with Crippen LogP contribution in [0.5, 0.6) is 0 Å². The highest BCUT2D eigenvalue weighted by Gasteiger charge is 2.41. The van der Waals surface area contributed by atoms with Crippen LogP contribution >= 0.6 is 0 Å². The van der Waals surface area contributed by atoms with Gasteiger partial charge in [-0.1, -0.05) is 0 Å². The van der Waals surface area contributed by atoms with E-state index in [0.29, 0.717) is 25.5 Å². The Balaban J connectivity index is 1.99. The second kappa shape index (κ2) is 5.73. The average Bonchev–Trinajstić information content (AvgIpc) is 2.39. The summed E-state index contributed by atoms with van der Waals surface area (Å²) in [5.41, 5.74) is 0.790. The van der Waals surface area contributed by atoms with Gasteiger partial charge in [-0.2, -0.15) is 13.2 Å². The number of rotatable bonds is 3. The molecule has 1 N–H and O–H groups in total. The molecule has 7 heteroatoms. The van der Waals surface area contributed by atoms with Crippen LogP contribution in [0.15, 0.2) is 12.4 Å². The first-order valence-electron chi connectivity index (χ1n) is 6.28. The van der Waals surface area contributed by atoms with Crippen LogP contribution in [0.1, 0.15) is 18.5 Å². The van der Waals surface area contributed by atoms with Crippen molar-refractivity contribution in [3.05, 3.63) is 18.1 Å². The zero-order valence-electron chi connectivity index (χ0n) is 10.7. The molecule has 0 saturated carbocycles. The minimum Gasteiger partial charge on any atom is -0.355 e. The summed E-state index contributed by atoms with van der Waals surface area (Å²) in [5, 5.41) is 2.97. The summed E-state index contributed by atoms with van der Waals surface area (Å²) >= 11 is 0. The molecular weight excluding hydrogens is 257 g/mol. The summed E-state index contributed by atoms with van der Waals surface area (Å²) < 4.78 is 37.7. The predicted octanol–water partition coefficient (Wildman–Crippen LogP) is 1.97. The molecule has 0 spiro atoms. The molecule has 4 nitrogen and oxygen atoms in total. The Kier molecular flexibility index (Phi) is 4.24. The summed E-state index contributed by atoms with van der Waals surface area (Å²) in [7, 11) is 1.81. The Morgan fingerprint density at radius 1 is 1.32 bits per heavy atom. The van der Waals surface area contributed by atoms with Crippen molar-refractivity contribution >= 4 is 5.82 Å². The molecule has 0 radical (unpaired) electrons. The molecule has 0 aromatic carbocycles. The molecule has 1 aliphatic rings.